The average Bonchev–Trinajstić information content (AvgIpc) is 2.53. The number of halogens is 1. The lowest BCUT2D eigenvalue weighted by Gasteiger charge is -2.14. The van der Waals surface area contributed by atoms with Crippen LogP contribution in [0.2, 0.25) is 5.02 Å². The van der Waals surface area contributed by atoms with Gasteiger partial charge >= 0.3 is 0 Å². The summed E-state index contributed by atoms with van der Waals surface area (Å²) in [5, 5.41) is 12.5. The van der Waals surface area contributed by atoms with Gasteiger partial charge in [0.25, 0.3) is 0 Å². The second-order valence-corrected chi connectivity index (χ2v) is 5.24. The number of aliphatic hydroxyl groups excluding tert-OH is 1. The molecule has 3 rings (SSSR count). The van der Waals surface area contributed by atoms with Gasteiger partial charge in [-0.1, -0.05) is 48.0 Å². The second kappa shape index (κ2) is 5.76. The number of methoxy groups -OCH3 is 1. The highest BCUT2D eigenvalue weighted by Crippen LogP contribution is 2.39. The van der Waals surface area contributed by atoms with Crippen LogP contribution >= 0.6 is 11.6 Å². The summed E-state index contributed by atoms with van der Waals surface area (Å²) in [6.45, 7) is -0.0319. The van der Waals surface area contributed by atoms with E-state index in [2.05, 4.69) is 12.1 Å². The fourth-order valence-corrected chi connectivity index (χ4v) is 2.85. The van der Waals surface area contributed by atoms with Crippen molar-refractivity contribution in [3.63, 3.8) is 0 Å². The topological polar surface area (TPSA) is 29.5 Å². The van der Waals surface area contributed by atoms with E-state index in [-0.39, 0.29) is 6.61 Å². The fraction of sp³-hybridized carbons (Fsp3) is 0.111. The number of rotatable bonds is 3. The summed E-state index contributed by atoms with van der Waals surface area (Å²) in [7, 11) is 1.60. The molecule has 3 heteroatoms. The minimum Gasteiger partial charge on any atom is -0.495 e. The molecule has 0 aromatic heterocycles. The van der Waals surface area contributed by atoms with Crippen LogP contribution in [0.25, 0.3) is 21.9 Å². The van der Waals surface area contributed by atoms with Crippen molar-refractivity contribution >= 4 is 22.4 Å². The van der Waals surface area contributed by atoms with Gasteiger partial charge in [-0.05, 0) is 40.1 Å². The molecule has 0 bridgehead atoms. The molecule has 0 radical (unpaired) electrons. The normalized spacial score (nSPS) is 10.8. The Hall–Kier alpha value is -2.03. The third kappa shape index (κ3) is 2.48. The number of fused-ring (bicyclic) bond motifs is 1. The Bertz CT molecular complexity index is 796. The molecule has 0 aliphatic heterocycles. The fourth-order valence-electron chi connectivity index (χ4n) is 2.60. The van der Waals surface area contributed by atoms with Crippen molar-refractivity contribution in [2.75, 3.05) is 7.11 Å². The Morgan fingerprint density at radius 2 is 1.67 bits per heavy atom. The van der Waals surface area contributed by atoms with Gasteiger partial charge in [0.05, 0.1) is 18.7 Å². The van der Waals surface area contributed by atoms with Gasteiger partial charge in [0, 0.05) is 5.56 Å². The average molecular weight is 299 g/mol. The molecule has 0 unspecified atom stereocenters. The predicted molar refractivity (Wildman–Crippen MR) is 86.9 cm³/mol. The molecule has 0 heterocycles. The van der Waals surface area contributed by atoms with Crippen LogP contribution < -0.4 is 4.74 Å². The van der Waals surface area contributed by atoms with Crippen molar-refractivity contribution in [2.24, 2.45) is 0 Å². The summed E-state index contributed by atoms with van der Waals surface area (Å²) in [5.74, 6) is 0.629. The van der Waals surface area contributed by atoms with Crippen LogP contribution in [0.1, 0.15) is 5.56 Å². The van der Waals surface area contributed by atoms with E-state index in [9.17, 15) is 5.11 Å². The molecule has 0 fully saturated rings. The van der Waals surface area contributed by atoms with Crippen molar-refractivity contribution in [3.05, 3.63) is 65.2 Å². The lowest BCUT2D eigenvalue weighted by Crippen LogP contribution is -1.94. The van der Waals surface area contributed by atoms with E-state index in [1.165, 1.54) is 0 Å². The number of para-hydroxylation sites is 1. The second-order valence-electron chi connectivity index (χ2n) is 4.84. The largest absolute Gasteiger partial charge is 0.495 e. The highest BCUT2D eigenvalue weighted by atomic mass is 35.5. The van der Waals surface area contributed by atoms with Gasteiger partial charge in [0.15, 0.2) is 0 Å². The first-order valence-corrected chi connectivity index (χ1v) is 7.08. The Morgan fingerprint density at radius 3 is 2.33 bits per heavy atom. The molecular weight excluding hydrogens is 284 g/mol. The summed E-state index contributed by atoms with van der Waals surface area (Å²) >= 11 is 6.21. The molecule has 106 valence electrons. The molecule has 2 nitrogen and oxygen atoms in total. The lowest BCUT2D eigenvalue weighted by molar-refractivity contribution is 0.282. The summed E-state index contributed by atoms with van der Waals surface area (Å²) in [6, 6.07) is 17.8. The molecule has 1 N–H and O–H groups in total. The minimum atomic E-state index is -0.0319. The van der Waals surface area contributed by atoms with E-state index >= 15 is 0 Å². The maximum absolute atomic E-state index is 9.70. The van der Waals surface area contributed by atoms with Gasteiger partial charge in [-0.15, -0.1) is 0 Å². The highest BCUT2D eigenvalue weighted by Gasteiger charge is 2.13. The van der Waals surface area contributed by atoms with Crippen LogP contribution in [0.4, 0.5) is 0 Å². The van der Waals surface area contributed by atoms with Crippen LogP contribution in [0, 0.1) is 0 Å². The number of aliphatic hydroxyl groups is 1. The van der Waals surface area contributed by atoms with E-state index in [0.717, 1.165) is 27.5 Å². The SMILES string of the molecule is COc1c(Cl)cccc1-c1cc2ccccc2cc1CO. The first kappa shape index (κ1) is 13.9. The van der Waals surface area contributed by atoms with Crippen molar-refractivity contribution < 1.29 is 9.84 Å². The van der Waals surface area contributed by atoms with Crippen LogP contribution in [-0.2, 0) is 6.61 Å². The van der Waals surface area contributed by atoms with E-state index in [1.807, 2.05) is 36.4 Å². The van der Waals surface area contributed by atoms with Crippen LogP contribution in [0.3, 0.4) is 0 Å². The zero-order valence-corrected chi connectivity index (χ0v) is 12.4. The predicted octanol–water partition coefficient (Wildman–Crippen LogP) is 4.66. The van der Waals surface area contributed by atoms with Crippen molar-refractivity contribution in [3.8, 4) is 16.9 Å². The molecule has 0 atom stereocenters. The monoisotopic (exact) mass is 298 g/mol. The Balaban J connectivity index is 2.31. The summed E-state index contributed by atoms with van der Waals surface area (Å²) in [6.07, 6.45) is 0. The van der Waals surface area contributed by atoms with Gasteiger partial charge in [-0.2, -0.15) is 0 Å². The van der Waals surface area contributed by atoms with Crippen molar-refractivity contribution in [1.29, 1.82) is 0 Å². The first-order chi connectivity index (χ1) is 10.2. The zero-order chi connectivity index (χ0) is 14.8. The Labute approximate surface area is 128 Å². The molecular formula is C18H15ClO2. The van der Waals surface area contributed by atoms with Gasteiger partial charge in [-0.3, -0.25) is 0 Å². The van der Waals surface area contributed by atoms with E-state index < -0.39 is 0 Å². The smallest absolute Gasteiger partial charge is 0.145 e. The Kier molecular flexibility index (Phi) is 3.82. The molecule has 3 aromatic rings. The van der Waals surface area contributed by atoms with Gasteiger partial charge < -0.3 is 9.84 Å². The molecule has 0 aliphatic rings. The molecule has 0 amide bonds. The van der Waals surface area contributed by atoms with Crippen LogP contribution in [0.5, 0.6) is 5.75 Å². The number of hydrogen-bond donors (Lipinski definition) is 1. The van der Waals surface area contributed by atoms with Crippen molar-refractivity contribution in [1.82, 2.24) is 0 Å². The zero-order valence-electron chi connectivity index (χ0n) is 11.6. The number of benzene rings is 3. The van der Waals surface area contributed by atoms with Gasteiger partial charge in [0.2, 0.25) is 0 Å². The number of hydrogen-bond acceptors (Lipinski definition) is 2. The summed E-state index contributed by atoms with van der Waals surface area (Å²) in [5.41, 5.74) is 2.68. The molecule has 0 aliphatic carbocycles. The highest BCUT2D eigenvalue weighted by molar-refractivity contribution is 6.32. The van der Waals surface area contributed by atoms with E-state index in [4.69, 9.17) is 16.3 Å². The van der Waals surface area contributed by atoms with Gasteiger partial charge in [-0.25, -0.2) is 0 Å². The molecule has 21 heavy (non-hydrogen) atoms. The van der Waals surface area contributed by atoms with Crippen LogP contribution in [0.15, 0.2) is 54.6 Å². The summed E-state index contributed by atoms with van der Waals surface area (Å²) in [4.78, 5) is 0. The molecule has 0 saturated carbocycles. The lowest BCUT2D eigenvalue weighted by atomic mass is 9.95. The summed E-state index contributed by atoms with van der Waals surface area (Å²) < 4.78 is 5.43. The van der Waals surface area contributed by atoms with E-state index in [1.54, 1.807) is 13.2 Å². The van der Waals surface area contributed by atoms with Crippen molar-refractivity contribution in [2.45, 2.75) is 6.61 Å². The first-order valence-electron chi connectivity index (χ1n) is 6.70. The number of ether oxygens (including phenoxy) is 1. The molecule has 0 spiro atoms. The minimum absolute atomic E-state index is 0.0319. The quantitative estimate of drug-likeness (QED) is 0.762. The maximum atomic E-state index is 9.70. The maximum Gasteiger partial charge on any atom is 0.145 e. The third-order valence-corrected chi connectivity index (χ3v) is 3.90. The molecule has 0 saturated heterocycles. The van der Waals surface area contributed by atoms with E-state index in [0.29, 0.717) is 10.8 Å². The standard InChI is InChI=1S/C18H15ClO2/c1-21-18-15(7-4-8-17(18)19)16-10-13-6-3-2-5-12(13)9-14(16)11-20/h2-10,20H,11H2,1H3. The third-order valence-electron chi connectivity index (χ3n) is 3.60. The van der Waals surface area contributed by atoms with Crippen LogP contribution in [-0.4, -0.2) is 12.2 Å². The van der Waals surface area contributed by atoms with Gasteiger partial charge in [0.1, 0.15) is 5.75 Å². The molecule has 3 aromatic carbocycles. The Morgan fingerprint density at radius 1 is 0.952 bits per heavy atom.